The number of nitrogens with zero attached hydrogens (tertiary/aromatic N) is 2. The summed E-state index contributed by atoms with van der Waals surface area (Å²) in [6, 6.07) is 25.3. The fourth-order valence-corrected chi connectivity index (χ4v) is 4.52. The Kier molecular flexibility index (Phi) is 7.09. The molecule has 0 spiro atoms. The fraction of sp³-hybridized carbons (Fsp3) is 0.107. The van der Waals surface area contributed by atoms with Crippen LogP contribution >= 0.6 is 11.6 Å². The topological polar surface area (TPSA) is 106 Å². The number of allylic oxidation sites excluding steroid dienone is 1. The van der Waals surface area contributed by atoms with Crippen LogP contribution in [0, 0.1) is 11.3 Å². The molecule has 1 unspecified atom stereocenters. The Morgan fingerprint density at radius 3 is 2.25 bits per heavy atom. The predicted octanol–water partition coefficient (Wildman–Crippen LogP) is 4.90. The third-order valence-electron chi connectivity index (χ3n) is 5.89. The number of ether oxygens (including phenoxy) is 2. The van der Waals surface area contributed by atoms with E-state index >= 15 is 0 Å². The highest BCUT2D eigenvalue weighted by atomic mass is 35.5. The number of carbonyl (C=O) groups excluding carboxylic acids is 2. The third kappa shape index (κ3) is 4.30. The molecule has 1 aliphatic heterocycles. The first-order chi connectivity index (χ1) is 17.4. The standard InChI is InChI=1S/C28H22ClN3O4/c1-35-27(33)24-23(17-9-4-3-5-10-17)21(16-30)26(31)32(25(24)28(34)36-2)22-14-7-6-13-20(22)18-11-8-12-19(29)15-18/h3-15,23H,31H2,1-2H3. The third-order valence-corrected chi connectivity index (χ3v) is 6.13. The Hall–Kier alpha value is -4.54. The van der Waals surface area contributed by atoms with Crippen LogP contribution < -0.4 is 10.6 Å². The number of para-hydroxylation sites is 1. The van der Waals surface area contributed by atoms with Gasteiger partial charge in [-0.1, -0.05) is 72.3 Å². The number of anilines is 1. The number of nitriles is 1. The van der Waals surface area contributed by atoms with E-state index in [4.69, 9.17) is 26.8 Å². The Balaban J connectivity index is 2.09. The second-order valence-electron chi connectivity index (χ2n) is 7.86. The van der Waals surface area contributed by atoms with Crippen molar-refractivity contribution in [1.82, 2.24) is 0 Å². The zero-order chi connectivity index (χ0) is 25.8. The highest BCUT2D eigenvalue weighted by Gasteiger charge is 2.43. The Morgan fingerprint density at radius 2 is 1.61 bits per heavy atom. The van der Waals surface area contributed by atoms with E-state index < -0.39 is 17.9 Å². The van der Waals surface area contributed by atoms with Crippen LogP contribution in [0.4, 0.5) is 5.69 Å². The molecule has 0 fully saturated rings. The summed E-state index contributed by atoms with van der Waals surface area (Å²) in [6.45, 7) is 0. The minimum absolute atomic E-state index is 0.00566. The zero-order valence-electron chi connectivity index (χ0n) is 19.6. The van der Waals surface area contributed by atoms with Crippen molar-refractivity contribution in [2.75, 3.05) is 19.1 Å². The molecule has 1 aliphatic rings. The number of rotatable bonds is 5. The maximum absolute atomic E-state index is 13.3. The second-order valence-corrected chi connectivity index (χ2v) is 8.30. The maximum atomic E-state index is 13.3. The molecule has 0 radical (unpaired) electrons. The van der Waals surface area contributed by atoms with Gasteiger partial charge in [-0.2, -0.15) is 5.26 Å². The lowest BCUT2D eigenvalue weighted by Crippen LogP contribution is -2.41. The number of methoxy groups -OCH3 is 2. The fourth-order valence-electron chi connectivity index (χ4n) is 4.33. The van der Waals surface area contributed by atoms with Crippen LogP contribution in [-0.2, 0) is 19.1 Å². The summed E-state index contributed by atoms with van der Waals surface area (Å²) < 4.78 is 10.2. The first-order valence-corrected chi connectivity index (χ1v) is 11.3. The van der Waals surface area contributed by atoms with E-state index in [1.54, 1.807) is 54.6 Å². The molecule has 0 aliphatic carbocycles. The number of carbonyl (C=O) groups is 2. The number of esters is 2. The van der Waals surface area contributed by atoms with Gasteiger partial charge in [0, 0.05) is 10.6 Å². The van der Waals surface area contributed by atoms with Crippen LogP contribution in [0.2, 0.25) is 5.02 Å². The summed E-state index contributed by atoms with van der Waals surface area (Å²) in [5.41, 5.74) is 9.00. The van der Waals surface area contributed by atoms with Crippen LogP contribution in [0.25, 0.3) is 11.1 Å². The summed E-state index contributed by atoms with van der Waals surface area (Å²) >= 11 is 6.24. The van der Waals surface area contributed by atoms with Gasteiger partial charge in [0.2, 0.25) is 0 Å². The molecule has 0 saturated carbocycles. The van der Waals surface area contributed by atoms with E-state index in [9.17, 15) is 14.9 Å². The van der Waals surface area contributed by atoms with Gasteiger partial charge in [-0.25, -0.2) is 9.59 Å². The van der Waals surface area contributed by atoms with Crippen LogP contribution in [0.3, 0.4) is 0 Å². The number of halogens is 1. The van der Waals surface area contributed by atoms with Gasteiger partial charge in [-0.05, 0) is 29.3 Å². The smallest absolute Gasteiger partial charge is 0.355 e. The van der Waals surface area contributed by atoms with Gasteiger partial charge in [-0.3, -0.25) is 4.90 Å². The quantitative estimate of drug-likeness (QED) is 0.497. The number of nitrogens with two attached hydrogens (primary N) is 1. The predicted molar refractivity (Wildman–Crippen MR) is 136 cm³/mol. The molecule has 3 aromatic rings. The monoisotopic (exact) mass is 499 g/mol. The maximum Gasteiger partial charge on any atom is 0.355 e. The molecule has 0 amide bonds. The Labute approximate surface area is 213 Å². The van der Waals surface area contributed by atoms with E-state index in [-0.39, 0.29) is 22.7 Å². The summed E-state index contributed by atoms with van der Waals surface area (Å²) in [6.07, 6.45) is 0. The van der Waals surface area contributed by atoms with Gasteiger partial charge in [0.1, 0.15) is 11.5 Å². The van der Waals surface area contributed by atoms with Crippen molar-refractivity contribution in [2.45, 2.75) is 5.92 Å². The molecule has 36 heavy (non-hydrogen) atoms. The number of hydrogen-bond acceptors (Lipinski definition) is 7. The normalized spacial score (nSPS) is 15.4. The molecule has 8 heteroatoms. The molecular formula is C28H22ClN3O4. The van der Waals surface area contributed by atoms with Gasteiger partial charge in [0.25, 0.3) is 0 Å². The van der Waals surface area contributed by atoms with Crippen molar-refractivity contribution < 1.29 is 19.1 Å². The molecule has 1 atom stereocenters. The Bertz CT molecular complexity index is 1440. The van der Waals surface area contributed by atoms with Crippen molar-refractivity contribution in [1.29, 1.82) is 5.26 Å². The highest BCUT2D eigenvalue weighted by molar-refractivity contribution is 6.30. The first kappa shape index (κ1) is 24.6. The van der Waals surface area contributed by atoms with Crippen molar-refractivity contribution in [3.8, 4) is 17.2 Å². The van der Waals surface area contributed by atoms with Gasteiger partial charge in [0.05, 0.1) is 43.0 Å². The molecule has 0 saturated heterocycles. The Morgan fingerprint density at radius 1 is 0.944 bits per heavy atom. The molecule has 7 nitrogen and oxygen atoms in total. The summed E-state index contributed by atoms with van der Waals surface area (Å²) in [5, 5.41) is 10.7. The van der Waals surface area contributed by atoms with Crippen molar-refractivity contribution in [3.05, 3.63) is 112 Å². The molecule has 180 valence electrons. The first-order valence-electron chi connectivity index (χ1n) is 10.9. The van der Waals surface area contributed by atoms with E-state index in [0.717, 1.165) is 5.56 Å². The largest absolute Gasteiger partial charge is 0.466 e. The lowest BCUT2D eigenvalue weighted by molar-refractivity contribution is -0.139. The van der Waals surface area contributed by atoms with Crippen LogP contribution in [0.15, 0.2) is 102 Å². The summed E-state index contributed by atoms with van der Waals surface area (Å²) in [7, 11) is 2.42. The minimum atomic E-state index is -0.938. The van der Waals surface area contributed by atoms with Crippen molar-refractivity contribution in [3.63, 3.8) is 0 Å². The molecule has 3 aromatic carbocycles. The molecule has 1 heterocycles. The lowest BCUT2D eigenvalue weighted by Gasteiger charge is -2.36. The van der Waals surface area contributed by atoms with Gasteiger partial charge < -0.3 is 15.2 Å². The molecule has 0 bridgehead atoms. The number of hydrogen-bond donors (Lipinski definition) is 1. The second kappa shape index (κ2) is 10.4. The van der Waals surface area contributed by atoms with E-state index in [1.165, 1.54) is 19.1 Å². The van der Waals surface area contributed by atoms with Crippen LogP contribution in [-0.4, -0.2) is 26.2 Å². The van der Waals surface area contributed by atoms with Gasteiger partial charge >= 0.3 is 11.9 Å². The van der Waals surface area contributed by atoms with E-state index in [0.29, 0.717) is 21.8 Å². The summed E-state index contributed by atoms with van der Waals surface area (Å²) in [5.74, 6) is -2.53. The molecule has 0 aromatic heterocycles. The van der Waals surface area contributed by atoms with E-state index in [1.807, 2.05) is 24.3 Å². The highest BCUT2D eigenvalue weighted by Crippen LogP contribution is 2.45. The van der Waals surface area contributed by atoms with Crippen LogP contribution in [0.5, 0.6) is 0 Å². The minimum Gasteiger partial charge on any atom is -0.466 e. The molecule has 2 N–H and O–H groups in total. The van der Waals surface area contributed by atoms with Gasteiger partial charge in [-0.15, -0.1) is 0 Å². The lowest BCUT2D eigenvalue weighted by atomic mass is 9.80. The average molecular weight is 500 g/mol. The summed E-state index contributed by atoms with van der Waals surface area (Å²) in [4.78, 5) is 27.9. The van der Waals surface area contributed by atoms with Crippen molar-refractivity contribution in [2.24, 2.45) is 5.73 Å². The van der Waals surface area contributed by atoms with Gasteiger partial charge in [0.15, 0.2) is 0 Å². The van der Waals surface area contributed by atoms with E-state index in [2.05, 4.69) is 6.07 Å². The zero-order valence-corrected chi connectivity index (χ0v) is 20.3. The molecule has 4 rings (SSSR count). The number of benzene rings is 3. The van der Waals surface area contributed by atoms with Crippen LogP contribution in [0.1, 0.15) is 11.5 Å². The van der Waals surface area contributed by atoms with Crippen molar-refractivity contribution >= 4 is 29.2 Å². The average Bonchev–Trinajstić information content (AvgIpc) is 2.92. The molecular weight excluding hydrogens is 478 g/mol. The SMILES string of the molecule is COC(=O)C1=C(C(=O)OC)N(c2ccccc2-c2cccc(Cl)c2)C(N)=C(C#N)C1c1ccccc1.